The number of carboxylic acid groups (broad SMARTS) is 2. The maximum atomic E-state index is 12.3. The number of ether oxygens (including phenoxy) is 4. The first kappa shape index (κ1) is 56.7. The molecule has 1 unspecified atom stereocenters. The minimum Gasteiger partial charge on any atom is -0.481 e. The van der Waals surface area contributed by atoms with E-state index < -0.39 is 18.0 Å². The quantitative estimate of drug-likeness (QED) is 0.0264. The normalized spacial score (nSPS) is 12.0. The van der Waals surface area contributed by atoms with Gasteiger partial charge in [0.15, 0.2) is 0 Å². The number of nitrogens with one attached hydrogen (secondary N) is 5. The molecule has 7 N–H and O–H groups in total. The lowest BCUT2D eigenvalue weighted by molar-refractivity contribution is -0.142. The lowest BCUT2D eigenvalue weighted by atomic mass is 10.0. The standard InChI is InChI=1S/C41H76N5O13P/c47-31-34(46-60)17-15-16-22-42-38(50)32-58-29-28-57-26-24-44-39(51)33-59-30-27-56-25-23-43-36(48)21-20-35(41(54)55)45-37(49)18-13-11-9-7-5-3-1-2-4-6-8-10-12-14-19-40(52)53/h31,34-35,46H,1-30,32-33,60H2,(H,42,50)(H,43,48)(H,44,51)(H,45,49)(H,52,53)(H,54,55)/t34-,35-/m0/s1. The Bertz CT molecular complexity index is 1150. The van der Waals surface area contributed by atoms with Crippen LogP contribution in [0.5, 0.6) is 0 Å². The van der Waals surface area contributed by atoms with E-state index in [-0.39, 0.29) is 121 Å². The van der Waals surface area contributed by atoms with E-state index >= 15 is 0 Å². The first-order valence-electron chi connectivity index (χ1n) is 21.9. The van der Waals surface area contributed by atoms with Crippen molar-refractivity contribution in [1.29, 1.82) is 0 Å². The van der Waals surface area contributed by atoms with Gasteiger partial charge in [-0.1, -0.05) is 86.4 Å². The van der Waals surface area contributed by atoms with Gasteiger partial charge in [0, 0.05) is 38.9 Å². The second-order valence-corrected chi connectivity index (χ2v) is 15.0. The number of hydrogen-bond donors (Lipinski definition) is 7. The van der Waals surface area contributed by atoms with Crippen LogP contribution in [0.3, 0.4) is 0 Å². The zero-order valence-electron chi connectivity index (χ0n) is 35.8. The van der Waals surface area contributed by atoms with Gasteiger partial charge in [-0.15, -0.1) is 0 Å². The summed E-state index contributed by atoms with van der Waals surface area (Å²) in [5.74, 6) is -3.12. The zero-order chi connectivity index (χ0) is 44.3. The fraction of sp³-hybridized carbons (Fsp3) is 0.829. The molecule has 0 aromatic rings. The fourth-order valence-electron chi connectivity index (χ4n) is 5.88. The predicted octanol–water partition coefficient (Wildman–Crippen LogP) is 3.19. The molecule has 0 aromatic carbocycles. The highest BCUT2D eigenvalue weighted by Crippen LogP contribution is 2.14. The number of rotatable bonds is 45. The van der Waals surface area contributed by atoms with E-state index in [0.717, 1.165) is 57.7 Å². The summed E-state index contributed by atoms with van der Waals surface area (Å²) in [5.41, 5.74) is 0. The highest BCUT2D eigenvalue weighted by atomic mass is 31.0. The Morgan fingerprint density at radius 3 is 1.40 bits per heavy atom. The van der Waals surface area contributed by atoms with Crippen molar-refractivity contribution >= 4 is 51.2 Å². The van der Waals surface area contributed by atoms with Gasteiger partial charge in [0.25, 0.3) is 0 Å². The van der Waals surface area contributed by atoms with Crippen LogP contribution in [0.15, 0.2) is 0 Å². The van der Waals surface area contributed by atoms with Gasteiger partial charge in [-0.3, -0.25) is 29.1 Å². The van der Waals surface area contributed by atoms with Crippen molar-refractivity contribution in [2.45, 2.75) is 147 Å². The highest BCUT2D eigenvalue weighted by molar-refractivity contribution is 7.13. The summed E-state index contributed by atoms with van der Waals surface area (Å²) < 4.78 is 21.3. The molecule has 0 aliphatic heterocycles. The SMILES string of the molecule is O=C[C@H](CCCCNC(=O)COCCOCCNC(=O)COCCOCCNC(=O)CC[C@H](NC(=O)CCCCCCCCCCCCCCCCC(=O)O)C(=O)O)NP. The zero-order valence-corrected chi connectivity index (χ0v) is 37.0. The van der Waals surface area contributed by atoms with Crippen molar-refractivity contribution in [3.8, 4) is 0 Å². The lowest BCUT2D eigenvalue weighted by Crippen LogP contribution is -2.41. The molecule has 19 heteroatoms. The number of aldehydes is 1. The van der Waals surface area contributed by atoms with Gasteiger partial charge in [-0.2, -0.15) is 0 Å². The van der Waals surface area contributed by atoms with E-state index in [0.29, 0.717) is 19.4 Å². The summed E-state index contributed by atoms with van der Waals surface area (Å²) in [7, 11) is 2.32. The Balaban J connectivity index is 3.65. The second-order valence-electron chi connectivity index (χ2n) is 14.6. The number of aliphatic carboxylic acids is 2. The van der Waals surface area contributed by atoms with E-state index in [9.17, 15) is 38.7 Å². The second kappa shape index (κ2) is 42.4. The van der Waals surface area contributed by atoms with Crippen molar-refractivity contribution in [2.75, 3.05) is 72.5 Å². The number of carbonyl (C=O) groups excluding carboxylic acids is 5. The van der Waals surface area contributed by atoms with E-state index in [1.54, 1.807) is 0 Å². The molecule has 0 aromatic heterocycles. The molecule has 0 heterocycles. The molecule has 0 spiro atoms. The number of carbonyl (C=O) groups is 7. The van der Waals surface area contributed by atoms with Crippen LogP contribution in [0, 0.1) is 0 Å². The molecule has 348 valence electrons. The average molecular weight is 878 g/mol. The lowest BCUT2D eigenvalue weighted by Gasteiger charge is -2.14. The van der Waals surface area contributed by atoms with Crippen LogP contribution in [0.4, 0.5) is 0 Å². The fourth-order valence-corrected chi connectivity index (χ4v) is 6.12. The summed E-state index contributed by atoms with van der Waals surface area (Å²) in [6.07, 6.45) is 18.6. The molecule has 0 rings (SSSR count). The molecular formula is C41H76N5O13P. The molecule has 4 amide bonds. The number of hydrogen-bond acceptors (Lipinski definition) is 12. The molecule has 60 heavy (non-hydrogen) atoms. The smallest absolute Gasteiger partial charge is 0.326 e. The van der Waals surface area contributed by atoms with Crippen LogP contribution < -0.4 is 26.4 Å². The largest absolute Gasteiger partial charge is 0.481 e. The summed E-state index contributed by atoms with van der Waals surface area (Å²) in [4.78, 5) is 81.1. The van der Waals surface area contributed by atoms with Crippen LogP contribution in [0.2, 0.25) is 0 Å². The molecule has 0 aliphatic carbocycles. The van der Waals surface area contributed by atoms with Crippen LogP contribution in [-0.4, -0.2) is 137 Å². The Kier molecular flexibility index (Phi) is 40.1. The van der Waals surface area contributed by atoms with Gasteiger partial charge in [0.1, 0.15) is 25.5 Å². The van der Waals surface area contributed by atoms with Crippen molar-refractivity contribution in [3.05, 3.63) is 0 Å². The van der Waals surface area contributed by atoms with Crippen LogP contribution >= 0.6 is 9.39 Å². The third-order valence-electron chi connectivity index (χ3n) is 9.33. The predicted molar refractivity (Wildman–Crippen MR) is 229 cm³/mol. The van der Waals surface area contributed by atoms with E-state index in [1.165, 1.54) is 44.9 Å². The van der Waals surface area contributed by atoms with E-state index in [2.05, 4.69) is 35.7 Å². The topological polar surface area (TPSA) is 257 Å². The van der Waals surface area contributed by atoms with Crippen LogP contribution in [0.25, 0.3) is 0 Å². The number of amides is 4. The first-order chi connectivity index (χ1) is 29.1. The Morgan fingerprint density at radius 2 is 0.933 bits per heavy atom. The van der Waals surface area contributed by atoms with Gasteiger partial charge in [0.2, 0.25) is 23.6 Å². The summed E-state index contributed by atoms with van der Waals surface area (Å²) >= 11 is 0. The number of unbranched alkanes of at least 4 members (excludes halogenated alkanes) is 14. The summed E-state index contributed by atoms with van der Waals surface area (Å²) in [6.45, 7) is 2.10. The molecule has 0 fully saturated rings. The van der Waals surface area contributed by atoms with Gasteiger partial charge in [0.05, 0.1) is 45.7 Å². The first-order valence-corrected chi connectivity index (χ1v) is 22.4. The molecule has 0 radical (unpaired) electrons. The molecule has 0 aliphatic rings. The average Bonchev–Trinajstić information content (AvgIpc) is 3.22. The molecule has 0 saturated heterocycles. The van der Waals surface area contributed by atoms with Crippen LogP contribution in [0.1, 0.15) is 135 Å². The van der Waals surface area contributed by atoms with Crippen LogP contribution in [-0.2, 0) is 52.5 Å². The van der Waals surface area contributed by atoms with Crippen molar-refractivity contribution in [3.63, 3.8) is 0 Å². The minimum absolute atomic E-state index is 0.0260. The molecule has 0 saturated carbocycles. The third-order valence-corrected chi connectivity index (χ3v) is 9.76. The minimum atomic E-state index is -1.18. The molecule has 3 atom stereocenters. The maximum absolute atomic E-state index is 12.3. The summed E-state index contributed by atoms with van der Waals surface area (Å²) in [5, 5.41) is 31.6. The molecule has 18 nitrogen and oxygen atoms in total. The third kappa shape index (κ3) is 40.1. The summed E-state index contributed by atoms with van der Waals surface area (Å²) in [6, 6.07) is -1.34. The Hall–Kier alpha value is -3.28. The molecular weight excluding hydrogens is 801 g/mol. The van der Waals surface area contributed by atoms with E-state index in [4.69, 9.17) is 24.1 Å². The Morgan fingerprint density at radius 1 is 0.483 bits per heavy atom. The van der Waals surface area contributed by atoms with Gasteiger partial charge < -0.3 is 55.2 Å². The van der Waals surface area contributed by atoms with Crippen molar-refractivity contribution < 1.29 is 62.7 Å². The van der Waals surface area contributed by atoms with Gasteiger partial charge >= 0.3 is 11.9 Å². The maximum Gasteiger partial charge on any atom is 0.326 e. The van der Waals surface area contributed by atoms with Gasteiger partial charge in [-0.05, 0) is 38.5 Å². The number of carboxylic acids is 2. The highest BCUT2D eigenvalue weighted by Gasteiger charge is 2.20. The monoisotopic (exact) mass is 878 g/mol. The van der Waals surface area contributed by atoms with Crippen molar-refractivity contribution in [2.24, 2.45) is 0 Å². The van der Waals surface area contributed by atoms with Crippen molar-refractivity contribution in [1.82, 2.24) is 26.4 Å². The Labute approximate surface area is 359 Å². The van der Waals surface area contributed by atoms with Gasteiger partial charge in [-0.25, -0.2) is 4.79 Å². The van der Waals surface area contributed by atoms with E-state index in [1.807, 2.05) is 0 Å². The molecule has 0 bridgehead atoms.